The molecular formula is C21H34IN5O3. The first-order chi connectivity index (χ1) is 13.9. The van der Waals surface area contributed by atoms with Crippen molar-refractivity contribution in [2.45, 2.75) is 66.8 Å². The van der Waals surface area contributed by atoms with E-state index in [1.54, 1.807) is 0 Å². The Kier molecular flexibility index (Phi) is 11.7. The highest BCUT2D eigenvalue weighted by Crippen LogP contribution is 2.22. The molecule has 9 heteroatoms. The molecule has 168 valence electrons. The van der Waals surface area contributed by atoms with Crippen LogP contribution in [0.4, 0.5) is 0 Å². The SMILES string of the molecule is CCNC(=NCc1ccc(C)cc1OC(C)C)NCc1nc(C(C)OCC)no1.I. The molecule has 0 aliphatic carbocycles. The molecule has 0 saturated carbocycles. The van der Waals surface area contributed by atoms with Gasteiger partial charge in [-0.05, 0) is 53.2 Å². The number of nitrogens with zero attached hydrogens (tertiary/aromatic N) is 3. The van der Waals surface area contributed by atoms with E-state index in [1.165, 1.54) is 0 Å². The van der Waals surface area contributed by atoms with Gasteiger partial charge in [0, 0.05) is 18.7 Å². The molecule has 0 fully saturated rings. The number of guanidine groups is 1. The predicted octanol–water partition coefficient (Wildman–Crippen LogP) is 4.14. The van der Waals surface area contributed by atoms with Crippen LogP contribution in [0.3, 0.4) is 0 Å². The number of nitrogens with one attached hydrogen (secondary N) is 2. The van der Waals surface area contributed by atoms with Gasteiger partial charge in [0.25, 0.3) is 0 Å². The number of benzene rings is 1. The molecule has 2 rings (SSSR count). The lowest BCUT2D eigenvalue weighted by atomic mass is 10.1. The van der Waals surface area contributed by atoms with Crippen molar-refractivity contribution in [3.05, 3.63) is 41.0 Å². The number of aryl methyl sites for hydroxylation is 1. The van der Waals surface area contributed by atoms with E-state index in [0.717, 1.165) is 23.4 Å². The minimum Gasteiger partial charge on any atom is -0.491 e. The molecule has 8 nitrogen and oxygen atoms in total. The standard InChI is InChI=1S/C21H33N5O3.HI/c1-7-22-21(24-13-19-25-20(26-29-19)16(6)27-8-2)23-12-17-10-9-15(5)11-18(17)28-14(3)4;/h9-11,14,16H,7-8,12-13H2,1-6H3,(H2,22,23,24);1H. The Morgan fingerprint density at radius 3 is 2.63 bits per heavy atom. The van der Waals surface area contributed by atoms with Crippen LogP contribution in [0.1, 0.15) is 63.6 Å². The average molecular weight is 531 g/mol. The Morgan fingerprint density at radius 2 is 1.97 bits per heavy atom. The fourth-order valence-corrected chi connectivity index (χ4v) is 2.65. The normalized spacial score (nSPS) is 12.4. The lowest BCUT2D eigenvalue weighted by Crippen LogP contribution is -2.36. The van der Waals surface area contributed by atoms with Crippen molar-refractivity contribution in [1.82, 2.24) is 20.8 Å². The zero-order valence-electron chi connectivity index (χ0n) is 18.7. The molecule has 1 aromatic carbocycles. The molecule has 0 amide bonds. The second-order valence-electron chi connectivity index (χ2n) is 6.97. The van der Waals surface area contributed by atoms with Gasteiger partial charge in [-0.3, -0.25) is 0 Å². The molecule has 0 bridgehead atoms. The maximum Gasteiger partial charge on any atom is 0.246 e. The van der Waals surface area contributed by atoms with Crippen LogP contribution in [-0.4, -0.2) is 35.4 Å². The Labute approximate surface area is 196 Å². The van der Waals surface area contributed by atoms with Crippen molar-refractivity contribution >= 4 is 29.9 Å². The van der Waals surface area contributed by atoms with Gasteiger partial charge in [0.1, 0.15) is 11.9 Å². The molecule has 0 saturated heterocycles. The summed E-state index contributed by atoms with van der Waals surface area (Å²) < 4.78 is 16.7. The van der Waals surface area contributed by atoms with Crippen molar-refractivity contribution < 1.29 is 14.0 Å². The van der Waals surface area contributed by atoms with Crippen molar-refractivity contribution in [1.29, 1.82) is 0 Å². The molecule has 30 heavy (non-hydrogen) atoms. The Bertz CT molecular complexity index is 795. The largest absolute Gasteiger partial charge is 0.491 e. The van der Waals surface area contributed by atoms with Gasteiger partial charge in [0.05, 0.1) is 19.2 Å². The van der Waals surface area contributed by atoms with Gasteiger partial charge in [0.15, 0.2) is 11.8 Å². The third kappa shape index (κ3) is 8.47. The zero-order valence-corrected chi connectivity index (χ0v) is 21.0. The maximum absolute atomic E-state index is 5.94. The highest BCUT2D eigenvalue weighted by Gasteiger charge is 2.14. The molecule has 0 radical (unpaired) electrons. The zero-order chi connectivity index (χ0) is 21.2. The molecule has 0 spiro atoms. The fourth-order valence-electron chi connectivity index (χ4n) is 2.65. The van der Waals surface area contributed by atoms with Crippen LogP contribution in [-0.2, 0) is 17.8 Å². The van der Waals surface area contributed by atoms with Crippen molar-refractivity contribution in [3.63, 3.8) is 0 Å². The van der Waals surface area contributed by atoms with Crippen molar-refractivity contribution in [3.8, 4) is 5.75 Å². The number of rotatable bonds is 10. The van der Waals surface area contributed by atoms with Crippen LogP contribution < -0.4 is 15.4 Å². The van der Waals surface area contributed by atoms with Crippen LogP contribution in [0.2, 0.25) is 0 Å². The summed E-state index contributed by atoms with van der Waals surface area (Å²) in [6.07, 6.45) is -0.0861. The summed E-state index contributed by atoms with van der Waals surface area (Å²) in [4.78, 5) is 9.04. The first-order valence-corrected chi connectivity index (χ1v) is 10.1. The van der Waals surface area contributed by atoms with Gasteiger partial charge < -0.3 is 24.6 Å². The van der Waals surface area contributed by atoms with Crippen LogP contribution in [0.5, 0.6) is 5.75 Å². The minimum absolute atomic E-state index is 0. The Morgan fingerprint density at radius 1 is 1.20 bits per heavy atom. The third-order valence-corrected chi connectivity index (χ3v) is 4.01. The molecule has 1 unspecified atom stereocenters. The molecule has 0 aliphatic heterocycles. The van der Waals surface area contributed by atoms with Crippen molar-refractivity contribution in [2.75, 3.05) is 13.2 Å². The second-order valence-corrected chi connectivity index (χ2v) is 6.97. The number of halogens is 1. The fraction of sp³-hybridized carbons (Fsp3) is 0.571. The van der Waals surface area contributed by atoms with Crippen LogP contribution in [0, 0.1) is 6.92 Å². The van der Waals surface area contributed by atoms with E-state index in [2.05, 4.69) is 44.8 Å². The van der Waals surface area contributed by atoms with E-state index in [4.69, 9.17) is 14.0 Å². The predicted molar refractivity (Wildman–Crippen MR) is 128 cm³/mol. The van der Waals surface area contributed by atoms with E-state index >= 15 is 0 Å². The first kappa shape index (κ1) is 26.2. The molecule has 1 heterocycles. The van der Waals surface area contributed by atoms with E-state index in [-0.39, 0.29) is 36.2 Å². The highest BCUT2D eigenvalue weighted by molar-refractivity contribution is 14.0. The summed E-state index contributed by atoms with van der Waals surface area (Å²) in [6, 6.07) is 6.17. The highest BCUT2D eigenvalue weighted by atomic mass is 127. The Hall–Kier alpha value is -1.88. The van der Waals surface area contributed by atoms with Crippen LogP contribution in [0.25, 0.3) is 0 Å². The first-order valence-electron chi connectivity index (χ1n) is 10.1. The van der Waals surface area contributed by atoms with Gasteiger partial charge in [-0.15, -0.1) is 24.0 Å². The molecule has 1 atom stereocenters. The third-order valence-electron chi connectivity index (χ3n) is 4.01. The smallest absolute Gasteiger partial charge is 0.246 e. The summed E-state index contributed by atoms with van der Waals surface area (Å²) in [5, 5.41) is 10.4. The topological polar surface area (TPSA) is 93.8 Å². The van der Waals surface area contributed by atoms with Crippen molar-refractivity contribution in [2.24, 2.45) is 4.99 Å². The quantitative estimate of drug-likeness (QED) is 0.271. The van der Waals surface area contributed by atoms with Gasteiger partial charge in [-0.25, -0.2) is 4.99 Å². The molecule has 0 aliphatic rings. The number of aliphatic imine (C=N–C) groups is 1. The lowest BCUT2D eigenvalue weighted by Gasteiger charge is -2.15. The van der Waals surface area contributed by atoms with E-state index < -0.39 is 0 Å². The molecule has 1 aromatic heterocycles. The number of aromatic nitrogens is 2. The summed E-state index contributed by atoms with van der Waals surface area (Å²) in [5.74, 6) is 2.56. The maximum atomic E-state index is 5.94. The van der Waals surface area contributed by atoms with Gasteiger partial charge in [0.2, 0.25) is 5.89 Å². The van der Waals surface area contributed by atoms with E-state index in [9.17, 15) is 0 Å². The number of ether oxygens (including phenoxy) is 2. The lowest BCUT2D eigenvalue weighted by molar-refractivity contribution is 0.0683. The van der Waals surface area contributed by atoms with E-state index in [1.807, 2.05) is 40.7 Å². The Balaban J connectivity index is 0.00000450. The van der Waals surface area contributed by atoms with E-state index in [0.29, 0.717) is 37.4 Å². The van der Waals surface area contributed by atoms with Gasteiger partial charge in [-0.1, -0.05) is 17.3 Å². The molecule has 2 N–H and O–H groups in total. The average Bonchev–Trinajstić information content (AvgIpc) is 3.14. The summed E-state index contributed by atoms with van der Waals surface area (Å²) >= 11 is 0. The van der Waals surface area contributed by atoms with Gasteiger partial charge in [-0.2, -0.15) is 4.98 Å². The number of hydrogen-bond donors (Lipinski definition) is 2. The van der Waals surface area contributed by atoms with Gasteiger partial charge >= 0.3 is 0 Å². The van der Waals surface area contributed by atoms with Crippen LogP contribution >= 0.6 is 24.0 Å². The second kappa shape index (κ2) is 13.4. The monoisotopic (exact) mass is 531 g/mol. The minimum atomic E-state index is -0.194. The summed E-state index contributed by atoms with van der Waals surface area (Å²) in [5.41, 5.74) is 2.19. The molecular weight excluding hydrogens is 497 g/mol. The summed E-state index contributed by atoms with van der Waals surface area (Å²) in [7, 11) is 0. The van der Waals surface area contributed by atoms with Crippen LogP contribution in [0.15, 0.2) is 27.7 Å². The number of hydrogen-bond acceptors (Lipinski definition) is 6. The summed E-state index contributed by atoms with van der Waals surface area (Å²) in [6.45, 7) is 14.2. The molecule has 2 aromatic rings.